The van der Waals surface area contributed by atoms with Gasteiger partial charge in [0.05, 0.1) is 12.6 Å². The number of rotatable bonds is 4. The van der Waals surface area contributed by atoms with Crippen molar-refractivity contribution in [3.63, 3.8) is 0 Å². The van der Waals surface area contributed by atoms with Gasteiger partial charge in [0.15, 0.2) is 5.82 Å². The summed E-state index contributed by atoms with van der Waals surface area (Å²) in [7, 11) is 0. The van der Waals surface area contributed by atoms with Gasteiger partial charge in [0.25, 0.3) is 0 Å². The molecule has 0 spiro atoms. The maximum Gasteiger partial charge on any atom is 0.410 e. The number of hydrogen-bond acceptors (Lipinski definition) is 5. The van der Waals surface area contributed by atoms with Crippen LogP contribution >= 0.6 is 0 Å². The number of ether oxygens (including phenoxy) is 1. The molecule has 0 saturated carbocycles. The molecule has 1 unspecified atom stereocenters. The average Bonchev–Trinajstić information content (AvgIpc) is 3.35. The summed E-state index contributed by atoms with van der Waals surface area (Å²) < 4.78 is 5.66. The van der Waals surface area contributed by atoms with Gasteiger partial charge >= 0.3 is 6.09 Å². The molecule has 2 atom stereocenters. The third kappa shape index (κ3) is 4.67. The van der Waals surface area contributed by atoms with Gasteiger partial charge in [-0.3, -0.25) is 4.90 Å². The predicted octanol–water partition coefficient (Wildman–Crippen LogP) is 4.19. The van der Waals surface area contributed by atoms with Crippen LogP contribution in [-0.2, 0) is 11.3 Å². The fourth-order valence-corrected chi connectivity index (χ4v) is 3.77. The molecule has 7 heteroatoms. The molecule has 156 valence electrons. The summed E-state index contributed by atoms with van der Waals surface area (Å²) in [5.41, 5.74) is 1.73. The SMILES string of the molecule is CC(C)(C)OC(=O)N1CC(c2ccccc2)C[C@H]1c1nnn(Cc2ccccc2)n1. The van der Waals surface area contributed by atoms with Crippen LogP contribution in [0.3, 0.4) is 0 Å². The number of hydrogen-bond donors (Lipinski definition) is 0. The van der Waals surface area contributed by atoms with Gasteiger partial charge in [-0.05, 0) is 43.5 Å². The van der Waals surface area contributed by atoms with Crippen molar-refractivity contribution in [2.45, 2.75) is 51.3 Å². The highest BCUT2D eigenvalue weighted by Gasteiger charge is 2.41. The molecule has 30 heavy (non-hydrogen) atoms. The van der Waals surface area contributed by atoms with Gasteiger partial charge in [-0.1, -0.05) is 60.7 Å². The van der Waals surface area contributed by atoms with Gasteiger partial charge in [0.2, 0.25) is 0 Å². The quantitative estimate of drug-likeness (QED) is 0.651. The Kier molecular flexibility index (Phi) is 5.53. The Morgan fingerprint density at radius 2 is 1.73 bits per heavy atom. The van der Waals surface area contributed by atoms with E-state index < -0.39 is 5.60 Å². The lowest BCUT2D eigenvalue weighted by molar-refractivity contribution is 0.0216. The predicted molar refractivity (Wildman–Crippen MR) is 113 cm³/mol. The molecule has 1 aliphatic rings. The molecule has 1 fully saturated rings. The molecule has 0 aliphatic carbocycles. The standard InChI is InChI=1S/C23H27N5O2/c1-23(2,3)30-22(29)27-16-19(18-12-8-5-9-13-18)14-20(27)21-24-26-28(25-21)15-17-10-6-4-7-11-17/h4-13,19-20H,14-16H2,1-3H3/t19?,20-/m0/s1. The maximum absolute atomic E-state index is 12.9. The Morgan fingerprint density at radius 3 is 2.40 bits per heavy atom. The highest BCUT2D eigenvalue weighted by Crippen LogP contribution is 2.39. The van der Waals surface area contributed by atoms with Crippen LogP contribution in [-0.4, -0.2) is 43.3 Å². The Hall–Kier alpha value is -3.22. The minimum absolute atomic E-state index is 0.199. The number of aromatic nitrogens is 4. The van der Waals surface area contributed by atoms with E-state index in [-0.39, 0.29) is 18.1 Å². The van der Waals surface area contributed by atoms with E-state index in [0.29, 0.717) is 18.9 Å². The van der Waals surface area contributed by atoms with Crippen molar-refractivity contribution in [1.29, 1.82) is 0 Å². The zero-order chi connectivity index (χ0) is 21.1. The van der Waals surface area contributed by atoms with Crippen LogP contribution in [0.4, 0.5) is 4.79 Å². The molecule has 0 radical (unpaired) electrons. The first-order chi connectivity index (χ1) is 14.4. The van der Waals surface area contributed by atoms with Gasteiger partial charge in [0, 0.05) is 12.5 Å². The molecular formula is C23H27N5O2. The van der Waals surface area contributed by atoms with E-state index in [0.717, 1.165) is 12.0 Å². The molecule has 1 saturated heterocycles. The van der Waals surface area contributed by atoms with E-state index >= 15 is 0 Å². The van der Waals surface area contributed by atoms with Crippen molar-refractivity contribution in [1.82, 2.24) is 25.1 Å². The van der Waals surface area contributed by atoms with Crippen molar-refractivity contribution < 1.29 is 9.53 Å². The summed E-state index contributed by atoms with van der Waals surface area (Å²) in [6.45, 7) is 6.73. The largest absolute Gasteiger partial charge is 0.444 e. The Balaban J connectivity index is 1.57. The molecule has 1 aliphatic heterocycles. The second kappa shape index (κ2) is 8.26. The van der Waals surface area contributed by atoms with Gasteiger partial charge in [-0.15, -0.1) is 10.2 Å². The minimum atomic E-state index is -0.565. The van der Waals surface area contributed by atoms with Crippen LogP contribution in [0, 0.1) is 0 Å². The fraction of sp³-hybridized carbons (Fsp3) is 0.391. The zero-order valence-corrected chi connectivity index (χ0v) is 17.6. The fourth-order valence-electron chi connectivity index (χ4n) is 3.77. The first-order valence-electron chi connectivity index (χ1n) is 10.3. The van der Waals surface area contributed by atoms with E-state index in [4.69, 9.17) is 4.74 Å². The summed E-state index contributed by atoms with van der Waals surface area (Å²) in [5, 5.41) is 13.1. The van der Waals surface area contributed by atoms with Crippen LogP contribution < -0.4 is 0 Å². The van der Waals surface area contributed by atoms with Crippen molar-refractivity contribution in [3.05, 3.63) is 77.6 Å². The average molecular weight is 406 g/mol. The molecule has 0 N–H and O–H groups in total. The molecule has 1 aromatic heterocycles. The summed E-state index contributed by atoms with van der Waals surface area (Å²) >= 11 is 0. The smallest absolute Gasteiger partial charge is 0.410 e. The third-order valence-corrected chi connectivity index (χ3v) is 5.13. The summed E-state index contributed by atoms with van der Waals surface area (Å²) in [4.78, 5) is 16.3. The summed E-state index contributed by atoms with van der Waals surface area (Å²) in [6, 6.07) is 20.0. The third-order valence-electron chi connectivity index (χ3n) is 5.13. The molecular weight excluding hydrogens is 378 g/mol. The normalized spacial score (nSPS) is 19.1. The number of likely N-dealkylation sites (tertiary alicyclic amines) is 1. The number of nitrogens with zero attached hydrogens (tertiary/aromatic N) is 5. The monoisotopic (exact) mass is 405 g/mol. The van der Waals surface area contributed by atoms with Crippen LogP contribution in [0.5, 0.6) is 0 Å². The molecule has 1 amide bonds. The van der Waals surface area contributed by atoms with Crippen LogP contribution in [0.15, 0.2) is 60.7 Å². The van der Waals surface area contributed by atoms with Gasteiger partial charge < -0.3 is 4.74 Å². The highest BCUT2D eigenvalue weighted by atomic mass is 16.6. The van der Waals surface area contributed by atoms with Crippen molar-refractivity contribution in [3.8, 4) is 0 Å². The molecule has 2 heterocycles. The summed E-state index contributed by atoms with van der Waals surface area (Å²) in [5.74, 6) is 0.750. The minimum Gasteiger partial charge on any atom is -0.444 e. The Labute approximate surface area is 176 Å². The van der Waals surface area contributed by atoms with E-state index in [9.17, 15) is 4.79 Å². The zero-order valence-electron chi connectivity index (χ0n) is 17.6. The van der Waals surface area contributed by atoms with E-state index in [2.05, 4.69) is 27.5 Å². The molecule has 4 rings (SSSR count). The lowest BCUT2D eigenvalue weighted by Gasteiger charge is -2.27. The van der Waals surface area contributed by atoms with E-state index in [1.165, 1.54) is 5.56 Å². The Morgan fingerprint density at radius 1 is 1.07 bits per heavy atom. The van der Waals surface area contributed by atoms with Gasteiger partial charge in [-0.25, -0.2) is 4.79 Å². The number of carbonyl (C=O) groups excluding carboxylic acids is 1. The number of tetrazole rings is 1. The molecule has 2 aromatic carbocycles. The summed E-state index contributed by atoms with van der Waals surface area (Å²) in [6.07, 6.45) is 0.394. The van der Waals surface area contributed by atoms with Crippen molar-refractivity contribution in [2.24, 2.45) is 0 Å². The van der Waals surface area contributed by atoms with E-state index in [1.54, 1.807) is 9.70 Å². The van der Waals surface area contributed by atoms with Crippen molar-refractivity contribution in [2.75, 3.05) is 6.54 Å². The van der Waals surface area contributed by atoms with Gasteiger partial charge in [-0.2, -0.15) is 4.80 Å². The second-order valence-corrected chi connectivity index (χ2v) is 8.66. The number of amides is 1. The Bertz CT molecular complexity index is 982. The molecule has 3 aromatic rings. The van der Waals surface area contributed by atoms with E-state index in [1.807, 2.05) is 69.3 Å². The number of benzene rings is 2. The number of carbonyl (C=O) groups is 1. The van der Waals surface area contributed by atoms with Crippen LogP contribution in [0.1, 0.15) is 56.1 Å². The van der Waals surface area contributed by atoms with Crippen LogP contribution in [0.2, 0.25) is 0 Å². The lowest BCUT2D eigenvalue weighted by atomic mass is 9.96. The first-order valence-corrected chi connectivity index (χ1v) is 10.3. The second-order valence-electron chi connectivity index (χ2n) is 8.66. The maximum atomic E-state index is 12.9. The lowest BCUT2D eigenvalue weighted by Crippen LogP contribution is -2.37. The molecule has 7 nitrogen and oxygen atoms in total. The topological polar surface area (TPSA) is 73.1 Å². The van der Waals surface area contributed by atoms with Crippen molar-refractivity contribution >= 4 is 6.09 Å². The highest BCUT2D eigenvalue weighted by molar-refractivity contribution is 5.69. The van der Waals surface area contributed by atoms with Crippen LogP contribution in [0.25, 0.3) is 0 Å². The first kappa shape index (κ1) is 20.1. The van der Waals surface area contributed by atoms with Gasteiger partial charge in [0.1, 0.15) is 5.60 Å². The molecule has 0 bridgehead atoms.